The minimum absolute atomic E-state index is 0.312. The second-order valence-corrected chi connectivity index (χ2v) is 3.78. The third-order valence-corrected chi connectivity index (χ3v) is 2.55. The number of hydrogen-bond acceptors (Lipinski definition) is 2. The van der Waals surface area contributed by atoms with Gasteiger partial charge in [0.05, 0.1) is 11.1 Å². The van der Waals surface area contributed by atoms with E-state index in [4.69, 9.17) is 5.73 Å². The largest absolute Gasteiger partial charge is 0.418 e. The quantitative estimate of drug-likeness (QED) is 0.744. The van der Waals surface area contributed by atoms with E-state index in [1.165, 1.54) is 0 Å². The van der Waals surface area contributed by atoms with Gasteiger partial charge in [-0.2, -0.15) is 26.3 Å². The number of halogens is 6. The lowest BCUT2D eigenvalue weighted by molar-refractivity contribution is -0.140. The van der Waals surface area contributed by atoms with E-state index in [1.54, 1.807) is 0 Å². The van der Waals surface area contributed by atoms with Crippen molar-refractivity contribution < 1.29 is 26.3 Å². The third-order valence-electron chi connectivity index (χ3n) is 2.55. The number of anilines is 1. The van der Waals surface area contributed by atoms with Gasteiger partial charge >= 0.3 is 12.4 Å². The van der Waals surface area contributed by atoms with E-state index in [1.807, 2.05) is 0 Å². The van der Waals surface area contributed by atoms with Crippen LogP contribution in [0.4, 0.5) is 32.2 Å². The van der Waals surface area contributed by atoms with E-state index in [2.05, 4.69) is 4.98 Å². The molecule has 0 aliphatic carbocycles. The molecule has 8 heteroatoms. The predicted molar refractivity (Wildman–Crippen MR) is 56.2 cm³/mol. The highest BCUT2D eigenvalue weighted by Crippen LogP contribution is 2.42. The lowest BCUT2D eigenvalue weighted by Crippen LogP contribution is -2.13. The van der Waals surface area contributed by atoms with Crippen LogP contribution in [0.1, 0.15) is 11.1 Å². The molecule has 0 bridgehead atoms. The molecule has 0 saturated carbocycles. The van der Waals surface area contributed by atoms with Crippen LogP contribution in [-0.4, -0.2) is 4.98 Å². The van der Waals surface area contributed by atoms with Gasteiger partial charge in [0.2, 0.25) is 0 Å². The Balaban J connectivity index is 2.97. The molecule has 0 amide bonds. The summed E-state index contributed by atoms with van der Waals surface area (Å²) in [6, 6.07) is 2.64. The summed E-state index contributed by atoms with van der Waals surface area (Å²) in [6.45, 7) is 0. The van der Waals surface area contributed by atoms with E-state index in [0.717, 1.165) is 12.1 Å². The van der Waals surface area contributed by atoms with Gasteiger partial charge in [-0.15, -0.1) is 0 Å². The Bertz CT molecular complexity index is 609. The predicted octanol–water partition coefficient (Wildman–Crippen LogP) is 3.85. The molecular weight excluding hydrogens is 274 g/mol. The molecule has 2 rings (SSSR count). The van der Waals surface area contributed by atoms with Gasteiger partial charge in [0.25, 0.3) is 0 Å². The number of nitrogens with zero attached hydrogens (tertiary/aromatic N) is 1. The lowest BCUT2D eigenvalue weighted by Gasteiger charge is -2.16. The molecule has 19 heavy (non-hydrogen) atoms. The fourth-order valence-corrected chi connectivity index (χ4v) is 1.78. The van der Waals surface area contributed by atoms with Crippen molar-refractivity contribution in [2.24, 2.45) is 0 Å². The van der Waals surface area contributed by atoms with Crippen LogP contribution in [0, 0.1) is 0 Å². The smallest absolute Gasteiger partial charge is 0.383 e. The zero-order chi connectivity index (χ0) is 14.4. The van der Waals surface area contributed by atoms with Crippen LogP contribution in [0.2, 0.25) is 0 Å². The van der Waals surface area contributed by atoms with Crippen molar-refractivity contribution in [3.63, 3.8) is 0 Å². The zero-order valence-corrected chi connectivity index (χ0v) is 9.10. The average Bonchev–Trinajstić information content (AvgIpc) is 2.26. The Labute approximate surface area is 102 Å². The molecule has 0 fully saturated rings. The van der Waals surface area contributed by atoms with E-state index in [-0.39, 0.29) is 11.2 Å². The number of benzene rings is 1. The second kappa shape index (κ2) is 4.01. The molecular formula is C11H6F6N2. The number of aromatic nitrogens is 1. The summed E-state index contributed by atoms with van der Waals surface area (Å²) < 4.78 is 76.7. The third kappa shape index (κ3) is 2.29. The number of alkyl halides is 6. The van der Waals surface area contributed by atoms with Gasteiger partial charge in [0.15, 0.2) is 0 Å². The molecule has 0 aliphatic rings. The number of hydrogen-bond donors (Lipinski definition) is 1. The van der Waals surface area contributed by atoms with E-state index < -0.39 is 28.9 Å². The fourth-order valence-electron chi connectivity index (χ4n) is 1.78. The van der Waals surface area contributed by atoms with Crippen LogP contribution in [-0.2, 0) is 12.4 Å². The number of rotatable bonds is 0. The Morgan fingerprint density at radius 3 is 2.00 bits per heavy atom. The minimum Gasteiger partial charge on any atom is -0.383 e. The Morgan fingerprint density at radius 1 is 0.895 bits per heavy atom. The lowest BCUT2D eigenvalue weighted by atomic mass is 10.0. The van der Waals surface area contributed by atoms with Crippen LogP contribution < -0.4 is 5.73 Å². The maximum Gasteiger partial charge on any atom is 0.418 e. The van der Waals surface area contributed by atoms with Gasteiger partial charge in [-0.3, -0.25) is 0 Å². The number of pyridine rings is 1. The molecule has 0 unspecified atom stereocenters. The standard InChI is InChI=1S/C11H6F6N2/c12-10(13,14)6-3-1-2-5-8(6)7(11(15,16)17)4-19-9(5)18/h1-4H,(H2,18,19). The summed E-state index contributed by atoms with van der Waals surface area (Å²) in [5, 5.41) is -1.35. The molecule has 1 heterocycles. The Kier molecular flexibility index (Phi) is 2.83. The SMILES string of the molecule is Nc1ncc(C(F)(F)F)c2c(C(F)(F)F)cccc12. The maximum absolute atomic E-state index is 12.8. The number of nitrogen functional groups attached to an aromatic ring is 1. The summed E-state index contributed by atoms with van der Waals surface area (Å²) in [5.41, 5.74) is 2.50. The normalized spacial score (nSPS) is 12.9. The second-order valence-electron chi connectivity index (χ2n) is 3.78. The van der Waals surface area contributed by atoms with Crippen LogP contribution in [0.25, 0.3) is 10.8 Å². The van der Waals surface area contributed by atoms with Crippen molar-refractivity contribution in [1.29, 1.82) is 0 Å². The average molecular weight is 280 g/mol. The van der Waals surface area contributed by atoms with E-state index in [0.29, 0.717) is 12.3 Å². The van der Waals surface area contributed by atoms with Gasteiger partial charge in [-0.05, 0) is 6.07 Å². The minimum atomic E-state index is -4.94. The van der Waals surface area contributed by atoms with Crippen molar-refractivity contribution in [3.8, 4) is 0 Å². The molecule has 0 spiro atoms. The van der Waals surface area contributed by atoms with Crippen LogP contribution >= 0.6 is 0 Å². The molecule has 1 aromatic carbocycles. The first-order valence-electron chi connectivity index (χ1n) is 4.94. The van der Waals surface area contributed by atoms with Crippen molar-refractivity contribution in [2.45, 2.75) is 12.4 Å². The summed E-state index contributed by atoms with van der Waals surface area (Å²) in [7, 11) is 0. The van der Waals surface area contributed by atoms with Crippen molar-refractivity contribution in [3.05, 3.63) is 35.5 Å². The van der Waals surface area contributed by atoms with E-state index in [9.17, 15) is 26.3 Å². The molecule has 0 radical (unpaired) electrons. The van der Waals surface area contributed by atoms with E-state index >= 15 is 0 Å². The van der Waals surface area contributed by atoms with Gasteiger partial charge in [0.1, 0.15) is 5.82 Å². The Morgan fingerprint density at radius 2 is 1.47 bits per heavy atom. The zero-order valence-electron chi connectivity index (χ0n) is 9.10. The molecule has 102 valence electrons. The summed E-state index contributed by atoms with van der Waals surface area (Å²) in [5.74, 6) is -0.380. The first-order chi connectivity index (χ1) is 8.62. The maximum atomic E-state index is 12.8. The number of fused-ring (bicyclic) bond motifs is 1. The molecule has 2 aromatic rings. The fraction of sp³-hybridized carbons (Fsp3) is 0.182. The van der Waals surface area contributed by atoms with Gasteiger partial charge < -0.3 is 5.73 Å². The summed E-state index contributed by atoms with van der Waals surface area (Å²) >= 11 is 0. The first-order valence-corrected chi connectivity index (χ1v) is 4.94. The summed E-state index contributed by atoms with van der Waals surface area (Å²) in [4.78, 5) is 3.29. The van der Waals surface area contributed by atoms with Crippen LogP contribution in [0.5, 0.6) is 0 Å². The molecule has 0 aliphatic heterocycles. The first kappa shape index (κ1) is 13.4. The highest BCUT2D eigenvalue weighted by atomic mass is 19.4. The molecule has 2 N–H and O–H groups in total. The summed E-state index contributed by atoms with van der Waals surface area (Å²) in [6.07, 6.45) is -9.54. The molecule has 2 nitrogen and oxygen atoms in total. The number of nitrogens with two attached hydrogens (primary N) is 1. The topological polar surface area (TPSA) is 38.9 Å². The van der Waals surface area contributed by atoms with Gasteiger partial charge in [-0.1, -0.05) is 12.1 Å². The van der Waals surface area contributed by atoms with Gasteiger partial charge in [-0.25, -0.2) is 4.98 Å². The van der Waals surface area contributed by atoms with Crippen molar-refractivity contribution in [1.82, 2.24) is 4.98 Å². The molecule has 1 aromatic heterocycles. The molecule has 0 saturated heterocycles. The van der Waals surface area contributed by atoms with Crippen LogP contribution in [0.15, 0.2) is 24.4 Å². The van der Waals surface area contributed by atoms with Gasteiger partial charge in [0, 0.05) is 17.0 Å². The monoisotopic (exact) mass is 280 g/mol. The van der Waals surface area contributed by atoms with Crippen LogP contribution in [0.3, 0.4) is 0 Å². The highest BCUT2D eigenvalue weighted by Gasteiger charge is 2.39. The molecule has 0 atom stereocenters. The van der Waals surface area contributed by atoms with Crippen molar-refractivity contribution in [2.75, 3.05) is 5.73 Å². The van der Waals surface area contributed by atoms with Crippen molar-refractivity contribution >= 4 is 16.6 Å². The Hall–Kier alpha value is -1.99. The highest BCUT2D eigenvalue weighted by molar-refractivity contribution is 5.96.